The summed E-state index contributed by atoms with van der Waals surface area (Å²) in [5.41, 5.74) is 0.943. The van der Waals surface area contributed by atoms with E-state index >= 15 is 0 Å². The lowest BCUT2D eigenvalue weighted by Gasteiger charge is -2.22. The molecule has 9 heteroatoms. The number of nitrogens with zero attached hydrogens (tertiary/aromatic N) is 1. The molecule has 0 spiro atoms. The van der Waals surface area contributed by atoms with Crippen LogP contribution in [0, 0.1) is 0 Å². The largest absolute Gasteiger partial charge is 0.468 e. The highest BCUT2D eigenvalue weighted by Crippen LogP contribution is 2.34. The topological polar surface area (TPSA) is 99.2 Å². The summed E-state index contributed by atoms with van der Waals surface area (Å²) in [6, 6.07) is 18.3. The smallest absolute Gasteiger partial charge is 0.324 e. The Kier molecular flexibility index (Phi) is 6.97. The minimum Gasteiger partial charge on any atom is -0.468 e. The Morgan fingerprint density at radius 3 is 2.44 bits per heavy atom. The molecule has 3 aromatic rings. The van der Waals surface area contributed by atoms with E-state index in [9.17, 15) is 18.0 Å². The first-order chi connectivity index (χ1) is 16.3. The average molecular weight is 484 g/mol. The maximum atomic E-state index is 13.7. The fraction of sp³-hybridized carbons (Fsp3) is 0.280. The second kappa shape index (κ2) is 9.92. The maximum Gasteiger partial charge on any atom is 0.324 e. The summed E-state index contributed by atoms with van der Waals surface area (Å²) in [5.74, 6) is -1.09. The summed E-state index contributed by atoms with van der Waals surface area (Å²) in [7, 11) is -2.93. The van der Waals surface area contributed by atoms with Crippen LogP contribution in [0.4, 0.5) is 0 Å². The van der Waals surface area contributed by atoms with Crippen molar-refractivity contribution in [3.63, 3.8) is 0 Å². The lowest BCUT2D eigenvalue weighted by atomic mass is 10.1. The van der Waals surface area contributed by atoms with Crippen LogP contribution < -0.4 is 4.74 Å². The van der Waals surface area contributed by atoms with Crippen LogP contribution in [0.5, 0.6) is 5.75 Å². The van der Waals surface area contributed by atoms with Crippen molar-refractivity contribution in [2.75, 3.05) is 13.7 Å². The average Bonchev–Trinajstić information content (AvgIpc) is 3.28. The Bertz CT molecular complexity index is 1310. The quantitative estimate of drug-likeness (QED) is 0.376. The molecule has 2 atom stereocenters. The molecule has 1 aliphatic heterocycles. The minimum atomic E-state index is -4.15. The highest BCUT2D eigenvalue weighted by molar-refractivity contribution is 7.89. The zero-order chi connectivity index (χ0) is 24.3. The van der Waals surface area contributed by atoms with Gasteiger partial charge in [0.2, 0.25) is 10.0 Å². The number of methoxy groups -OCH3 is 1. The van der Waals surface area contributed by atoms with Gasteiger partial charge in [-0.1, -0.05) is 54.6 Å². The van der Waals surface area contributed by atoms with Crippen molar-refractivity contribution < 1.29 is 32.2 Å². The molecular formula is C25H25NO7S. The SMILES string of the molecule is COC(=O)C1CC(OCc2ccccc2)CN1S(=O)(=O)c1cc(OC(C)=O)c2ccccc2c1. The van der Waals surface area contributed by atoms with E-state index in [1.54, 1.807) is 24.3 Å². The molecule has 0 aromatic heterocycles. The highest BCUT2D eigenvalue weighted by Gasteiger charge is 2.45. The standard InChI is InChI=1S/C25H25NO7S/c1-17(27)33-24-14-21(12-19-10-6-7-11-22(19)24)34(29,30)26-15-20(13-23(26)25(28)31-2)32-16-18-8-4-3-5-9-18/h3-12,14,20,23H,13,15-16H2,1-2H3. The van der Waals surface area contributed by atoms with Crippen LogP contribution in [0.1, 0.15) is 18.9 Å². The van der Waals surface area contributed by atoms with E-state index in [2.05, 4.69) is 0 Å². The van der Waals surface area contributed by atoms with Crippen LogP contribution >= 0.6 is 0 Å². The molecular weight excluding hydrogens is 458 g/mol. The maximum absolute atomic E-state index is 13.7. The molecule has 4 rings (SSSR count). The van der Waals surface area contributed by atoms with E-state index in [0.29, 0.717) is 17.4 Å². The van der Waals surface area contributed by atoms with Crippen molar-refractivity contribution >= 4 is 32.7 Å². The second-order valence-electron chi connectivity index (χ2n) is 8.00. The summed E-state index contributed by atoms with van der Waals surface area (Å²) < 4.78 is 44.6. The Morgan fingerprint density at radius 2 is 1.74 bits per heavy atom. The number of carbonyl (C=O) groups excluding carboxylic acids is 2. The number of hydrogen-bond donors (Lipinski definition) is 0. The van der Waals surface area contributed by atoms with E-state index in [-0.39, 0.29) is 23.6 Å². The van der Waals surface area contributed by atoms with Crippen LogP contribution in [0.3, 0.4) is 0 Å². The van der Waals surface area contributed by atoms with Crippen molar-refractivity contribution in [3.05, 3.63) is 72.3 Å². The van der Waals surface area contributed by atoms with E-state index in [1.807, 2.05) is 30.3 Å². The summed E-state index contributed by atoms with van der Waals surface area (Å²) in [6.07, 6.45) is -0.323. The zero-order valence-corrected chi connectivity index (χ0v) is 19.7. The molecule has 1 aliphatic rings. The fourth-order valence-corrected chi connectivity index (χ4v) is 5.74. The van der Waals surface area contributed by atoms with Gasteiger partial charge in [0.15, 0.2) is 0 Å². The fourth-order valence-electron chi connectivity index (χ4n) is 4.07. The number of hydrogen-bond acceptors (Lipinski definition) is 7. The molecule has 1 fully saturated rings. The third kappa shape index (κ3) is 4.96. The Morgan fingerprint density at radius 1 is 1.03 bits per heavy atom. The van der Waals surface area contributed by atoms with Gasteiger partial charge in [0.05, 0.1) is 24.7 Å². The van der Waals surface area contributed by atoms with Gasteiger partial charge in [0.1, 0.15) is 11.8 Å². The number of fused-ring (bicyclic) bond motifs is 1. The van der Waals surface area contributed by atoms with Crippen LogP contribution in [-0.4, -0.2) is 50.5 Å². The first kappa shape index (κ1) is 23.9. The van der Waals surface area contributed by atoms with Crippen LogP contribution in [0.2, 0.25) is 0 Å². The molecule has 8 nitrogen and oxygen atoms in total. The highest BCUT2D eigenvalue weighted by atomic mass is 32.2. The van der Waals surface area contributed by atoms with E-state index < -0.39 is 34.1 Å². The van der Waals surface area contributed by atoms with Crippen molar-refractivity contribution in [2.24, 2.45) is 0 Å². The van der Waals surface area contributed by atoms with Gasteiger partial charge in [0.25, 0.3) is 0 Å². The van der Waals surface area contributed by atoms with Gasteiger partial charge in [-0.3, -0.25) is 9.59 Å². The predicted octanol–water partition coefficient (Wildman–Crippen LogP) is 3.29. The molecule has 0 amide bonds. The monoisotopic (exact) mass is 483 g/mol. The van der Waals surface area contributed by atoms with E-state index in [0.717, 1.165) is 9.87 Å². The summed E-state index contributed by atoms with van der Waals surface area (Å²) in [5, 5.41) is 1.19. The third-order valence-electron chi connectivity index (χ3n) is 5.68. The lowest BCUT2D eigenvalue weighted by molar-refractivity contribution is -0.144. The van der Waals surface area contributed by atoms with Crippen LogP contribution in [0.25, 0.3) is 10.8 Å². The van der Waals surface area contributed by atoms with E-state index in [1.165, 1.54) is 26.2 Å². The molecule has 0 N–H and O–H groups in total. The molecule has 34 heavy (non-hydrogen) atoms. The number of benzene rings is 3. The molecule has 0 saturated carbocycles. The Balaban J connectivity index is 1.66. The molecule has 0 aliphatic carbocycles. The van der Waals surface area contributed by atoms with Crippen molar-refractivity contribution in [3.8, 4) is 5.75 Å². The zero-order valence-electron chi connectivity index (χ0n) is 18.8. The lowest BCUT2D eigenvalue weighted by Crippen LogP contribution is -2.41. The number of rotatable bonds is 7. The molecule has 1 heterocycles. The molecule has 0 bridgehead atoms. The number of ether oxygens (including phenoxy) is 3. The van der Waals surface area contributed by atoms with Gasteiger partial charge < -0.3 is 14.2 Å². The molecule has 2 unspecified atom stereocenters. The van der Waals surface area contributed by atoms with Gasteiger partial charge in [-0.05, 0) is 17.0 Å². The van der Waals surface area contributed by atoms with E-state index in [4.69, 9.17) is 14.2 Å². The third-order valence-corrected chi connectivity index (χ3v) is 7.53. The van der Waals surface area contributed by atoms with Crippen molar-refractivity contribution in [1.29, 1.82) is 0 Å². The van der Waals surface area contributed by atoms with Crippen LogP contribution in [0.15, 0.2) is 71.6 Å². The second-order valence-corrected chi connectivity index (χ2v) is 9.89. The van der Waals surface area contributed by atoms with Gasteiger partial charge in [-0.15, -0.1) is 0 Å². The number of esters is 2. The van der Waals surface area contributed by atoms with Crippen molar-refractivity contribution in [2.45, 2.75) is 37.0 Å². The van der Waals surface area contributed by atoms with Gasteiger partial charge in [-0.2, -0.15) is 4.31 Å². The first-order valence-corrected chi connectivity index (χ1v) is 12.2. The summed E-state index contributed by atoms with van der Waals surface area (Å²) >= 11 is 0. The summed E-state index contributed by atoms with van der Waals surface area (Å²) in [4.78, 5) is 24.0. The van der Waals surface area contributed by atoms with Crippen LogP contribution in [-0.2, 0) is 35.7 Å². The molecule has 178 valence electrons. The van der Waals surface area contributed by atoms with Crippen molar-refractivity contribution in [1.82, 2.24) is 4.31 Å². The molecule has 1 saturated heterocycles. The normalized spacial score (nSPS) is 18.6. The van der Waals surface area contributed by atoms with Gasteiger partial charge in [0, 0.05) is 31.3 Å². The Hall–Kier alpha value is -3.27. The van der Waals surface area contributed by atoms with Gasteiger partial charge >= 0.3 is 11.9 Å². The van der Waals surface area contributed by atoms with Gasteiger partial charge in [-0.25, -0.2) is 8.42 Å². The number of carbonyl (C=O) groups is 2. The Labute approximate surface area is 198 Å². The molecule has 0 radical (unpaired) electrons. The number of sulfonamides is 1. The minimum absolute atomic E-state index is 0.00927. The predicted molar refractivity (Wildman–Crippen MR) is 125 cm³/mol. The first-order valence-electron chi connectivity index (χ1n) is 10.8. The molecule has 3 aromatic carbocycles. The summed E-state index contributed by atoms with van der Waals surface area (Å²) in [6.45, 7) is 1.53.